The number of nitrogens with one attached hydrogen (secondary N) is 1. The molecule has 0 atom stereocenters. The van der Waals surface area contributed by atoms with Crippen LogP contribution in [0.2, 0.25) is 4.34 Å². The van der Waals surface area contributed by atoms with E-state index < -0.39 is 0 Å². The fraction of sp³-hybridized carbons (Fsp3) is 0.385. The van der Waals surface area contributed by atoms with Crippen LogP contribution in [0.4, 0.5) is 0 Å². The highest BCUT2D eigenvalue weighted by molar-refractivity contribution is 7.16. The van der Waals surface area contributed by atoms with E-state index in [-0.39, 0.29) is 5.56 Å². The zero-order valence-electron chi connectivity index (χ0n) is 10.9. The summed E-state index contributed by atoms with van der Waals surface area (Å²) in [4.78, 5) is 17.3. The Hall–Kier alpha value is -1.17. The molecule has 0 saturated carbocycles. The smallest absolute Gasteiger partial charge is 0.253 e. The average molecular weight is 298 g/mol. The van der Waals surface area contributed by atoms with Gasteiger partial charge >= 0.3 is 0 Å². The molecular formula is C13H16ClN3OS. The van der Waals surface area contributed by atoms with Gasteiger partial charge in [-0.3, -0.25) is 9.36 Å². The quantitative estimate of drug-likeness (QED) is 0.862. The second-order valence-corrected chi connectivity index (χ2v) is 6.12. The molecule has 0 radical (unpaired) electrons. The van der Waals surface area contributed by atoms with Crippen LogP contribution in [0.25, 0.3) is 0 Å². The number of aryl methyl sites for hydroxylation is 2. The molecule has 1 N–H and O–H groups in total. The van der Waals surface area contributed by atoms with Crippen LogP contribution in [0, 0.1) is 13.8 Å². The second kappa shape index (κ2) is 6.32. The van der Waals surface area contributed by atoms with Crippen molar-refractivity contribution in [2.45, 2.75) is 26.9 Å². The van der Waals surface area contributed by atoms with Crippen molar-refractivity contribution in [3.05, 3.63) is 49.3 Å². The molecule has 4 nitrogen and oxygen atoms in total. The predicted molar refractivity (Wildman–Crippen MR) is 79.0 cm³/mol. The summed E-state index contributed by atoms with van der Waals surface area (Å²) in [6.07, 6.45) is 0. The van der Waals surface area contributed by atoms with Crippen molar-refractivity contribution in [1.29, 1.82) is 0 Å². The minimum absolute atomic E-state index is 0.00553. The minimum Gasteiger partial charge on any atom is -0.310 e. The Morgan fingerprint density at radius 2 is 2.21 bits per heavy atom. The van der Waals surface area contributed by atoms with Gasteiger partial charge in [-0.15, -0.1) is 11.3 Å². The Balaban J connectivity index is 1.88. The maximum atomic E-state index is 11.8. The Labute approximate surface area is 121 Å². The molecule has 0 aliphatic carbocycles. The monoisotopic (exact) mass is 297 g/mol. The summed E-state index contributed by atoms with van der Waals surface area (Å²) in [5.74, 6) is 0.756. The Kier molecular flexibility index (Phi) is 4.74. The van der Waals surface area contributed by atoms with Crippen LogP contribution in [0.5, 0.6) is 0 Å². The van der Waals surface area contributed by atoms with E-state index in [4.69, 9.17) is 11.6 Å². The van der Waals surface area contributed by atoms with Crippen LogP contribution in [0.1, 0.15) is 16.4 Å². The highest BCUT2D eigenvalue weighted by Gasteiger charge is 2.02. The van der Waals surface area contributed by atoms with Gasteiger partial charge in [0.1, 0.15) is 5.82 Å². The summed E-state index contributed by atoms with van der Waals surface area (Å²) in [5.41, 5.74) is 0.769. The maximum Gasteiger partial charge on any atom is 0.253 e. The van der Waals surface area contributed by atoms with Crippen molar-refractivity contribution in [2.75, 3.05) is 6.54 Å². The third-order valence-corrected chi connectivity index (χ3v) is 4.00. The maximum absolute atomic E-state index is 11.8. The zero-order chi connectivity index (χ0) is 13.8. The van der Waals surface area contributed by atoms with Gasteiger partial charge in [0, 0.05) is 36.3 Å². The number of nitrogens with zero attached hydrogens (tertiary/aromatic N) is 2. The van der Waals surface area contributed by atoms with E-state index in [1.807, 2.05) is 26.0 Å². The highest BCUT2D eigenvalue weighted by Crippen LogP contribution is 2.20. The lowest BCUT2D eigenvalue weighted by Crippen LogP contribution is -2.29. The number of hydrogen-bond donors (Lipinski definition) is 1. The second-order valence-electron chi connectivity index (χ2n) is 4.32. The van der Waals surface area contributed by atoms with E-state index in [1.54, 1.807) is 22.0 Å². The Bertz CT molecular complexity index is 621. The van der Waals surface area contributed by atoms with Crippen LogP contribution in [-0.4, -0.2) is 16.1 Å². The first kappa shape index (κ1) is 14.2. The summed E-state index contributed by atoms with van der Waals surface area (Å²) in [7, 11) is 0. The lowest BCUT2D eigenvalue weighted by molar-refractivity contribution is 0.566. The molecule has 2 aromatic rings. The van der Waals surface area contributed by atoms with Crippen LogP contribution >= 0.6 is 22.9 Å². The van der Waals surface area contributed by atoms with Crippen LogP contribution in [0.15, 0.2) is 23.0 Å². The molecule has 0 aliphatic rings. The van der Waals surface area contributed by atoms with Gasteiger partial charge in [-0.1, -0.05) is 11.6 Å². The first-order chi connectivity index (χ1) is 9.06. The highest BCUT2D eigenvalue weighted by atomic mass is 35.5. The van der Waals surface area contributed by atoms with Crippen molar-refractivity contribution >= 4 is 22.9 Å². The molecule has 102 valence electrons. The van der Waals surface area contributed by atoms with Gasteiger partial charge in [-0.05, 0) is 26.0 Å². The van der Waals surface area contributed by atoms with Gasteiger partial charge in [0.25, 0.3) is 5.56 Å². The molecule has 0 spiro atoms. The lowest BCUT2D eigenvalue weighted by atomic mass is 10.4. The van der Waals surface area contributed by atoms with Gasteiger partial charge in [0.15, 0.2) is 0 Å². The Morgan fingerprint density at radius 1 is 1.42 bits per heavy atom. The number of halogens is 1. The summed E-state index contributed by atoms with van der Waals surface area (Å²) in [6.45, 7) is 5.80. The Morgan fingerprint density at radius 3 is 2.84 bits per heavy atom. The van der Waals surface area contributed by atoms with Crippen molar-refractivity contribution < 1.29 is 0 Å². The average Bonchev–Trinajstić information content (AvgIpc) is 2.73. The SMILES string of the molecule is Cc1cc(=O)n(CCNCc2ccc(Cl)s2)c(C)n1. The van der Waals surface area contributed by atoms with Gasteiger partial charge < -0.3 is 5.32 Å². The molecular weight excluding hydrogens is 282 g/mol. The number of thiophene rings is 1. The molecule has 2 aromatic heterocycles. The number of rotatable bonds is 5. The van der Waals surface area contributed by atoms with Gasteiger partial charge in [-0.2, -0.15) is 0 Å². The van der Waals surface area contributed by atoms with Crippen molar-refractivity contribution in [3.63, 3.8) is 0 Å². The molecule has 0 aliphatic heterocycles. The molecule has 19 heavy (non-hydrogen) atoms. The van der Waals surface area contributed by atoms with E-state index in [1.165, 1.54) is 4.88 Å². The summed E-state index contributed by atoms with van der Waals surface area (Å²) in [5, 5.41) is 3.30. The van der Waals surface area contributed by atoms with Crippen molar-refractivity contribution in [1.82, 2.24) is 14.9 Å². The molecule has 0 bridgehead atoms. The number of aromatic nitrogens is 2. The standard InChI is InChI=1S/C13H16ClN3OS/c1-9-7-13(18)17(10(2)16-9)6-5-15-8-11-3-4-12(14)19-11/h3-4,7,15H,5-6,8H2,1-2H3. The summed E-state index contributed by atoms with van der Waals surface area (Å²) in [6, 6.07) is 5.46. The predicted octanol–water partition coefficient (Wildman–Crippen LogP) is 2.36. The fourth-order valence-electron chi connectivity index (χ4n) is 1.89. The fourth-order valence-corrected chi connectivity index (χ4v) is 2.94. The minimum atomic E-state index is 0.00553. The van der Waals surface area contributed by atoms with Gasteiger partial charge in [-0.25, -0.2) is 4.98 Å². The number of hydrogen-bond acceptors (Lipinski definition) is 4. The molecule has 2 heterocycles. The van der Waals surface area contributed by atoms with Crippen molar-refractivity contribution in [3.8, 4) is 0 Å². The van der Waals surface area contributed by atoms with E-state index in [2.05, 4.69) is 10.3 Å². The molecule has 0 saturated heterocycles. The van der Waals surface area contributed by atoms with Gasteiger partial charge in [0.05, 0.1) is 4.34 Å². The summed E-state index contributed by atoms with van der Waals surface area (Å²) < 4.78 is 2.48. The van der Waals surface area contributed by atoms with E-state index in [0.717, 1.165) is 28.9 Å². The molecule has 0 fully saturated rings. The van der Waals surface area contributed by atoms with Crippen LogP contribution in [-0.2, 0) is 13.1 Å². The van der Waals surface area contributed by atoms with E-state index >= 15 is 0 Å². The zero-order valence-corrected chi connectivity index (χ0v) is 12.5. The lowest BCUT2D eigenvalue weighted by Gasteiger charge is -2.10. The van der Waals surface area contributed by atoms with Crippen molar-refractivity contribution in [2.24, 2.45) is 0 Å². The molecule has 0 aromatic carbocycles. The van der Waals surface area contributed by atoms with Crippen LogP contribution < -0.4 is 10.9 Å². The molecule has 0 amide bonds. The normalized spacial score (nSPS) is 10.9. The molecule has 0 unspecified atom stereocenters. The largest absolute Gasteiger partial charge is 0.310 e. The summed E-state index contributed by atoms with van der Waals surface area (Å²) >= 11 is 7.43. The first-order valence-electron chi connectivity index (χ1n) is 6.06. The van der Waals surface area contributed by atoms with E-state index in [0.29, 0.717) is 6.54 Å². The van der Waals surface area contributed by atoms with Crippen LogP contribution in [0.3, 0.4) is 0 Å². The third-order valence-electron chi connectivity index (χ3n) is 2.77. The molecule has 2 rings (SSSR count). The molecule has 6 heteroatoms. The first-order valence-corrected chi connectivity index (χ1v) is 7.26. The van der Waals surface area contributed by atoms with E-state index in [9.17, 15) is 4.79 Å². The topological polar surface area (TPSA) is 46.9 Å². The third kappa shape index (κ3) is 3.89. The van der Waals surface area contributed by atoms with Gasteiger partial charge in [0.2, 0.25) is 0 Å².